The molecule has 0 amide bonds. The number of rotatable bonds is 7. The van der Waals surface area contributed by atoms with E-state index in [-0.39, 0.29) is 0 Å². The van der Waals surface area contributed by atoms with E-state index in [1.54, 1.807) is 4.90 Å². The van der Waals surface area contributed by atoms with Gasteiger partial charge in [-0.05, 0) is 27.1 Å². The lowest BCUT2D eigenvalue weighted by molar-refractivity contribution is 0.405. The summed E-state index contributed by atoms with van der Waals surface area (Å²) in [6.45, 7) is 2.23. The monoisotopic (exact) mass is 248 g/mol. The molecule has 0 fully saturated rings. The van der Waals surface area contributed by atoms with Gasteiger partial charge in [0.2, 0.25) is 0 Å². The van der Waals surface area contributed by atoms with Crippen LogP contribution in [0.15, 0.2) is 12.4 Å². The molecule has 1 N–H and O–H groups in total. The summed E-state index contributed by atoms with van der Waals surface area (Å²) in [6, 6.07) is 3.94. The van der Waals surface area contributed by atoms with Crippen LogP contribution < -0.4 is 10.2 Å². The normalized spacial score (nSPS) is 10.2. The van der Waals surface area contributed by atoms with Crippen molar-refractivity contribution in [2.24, 2.45) is 0 Å². The fourth-order valence-corrected chi connectivity index (χ4v) is 1.45. The zero-order chi connectivity index (χ0) is 13.4. The van der Waals surface area contributed by atoms with Crippen molar-refractivity contribution in [3.63, 3.8) is 0 Å². The molecule has 1 aromatic rings. The third-order valence-electron chi connectivity index (χ3n) is 2.44. The van der Waals surface area contributed by atoms with E-state index in [0.717, 1.165) is 31.1 Å². The van der Waals surface area contributed by atoms with Crippen LogP contribution in [0.1, 0.15) is 6.42 Å². The Balaban J connectivity index is 2.47. The molecular formula is C12H20N6. The van der Waals surface area contributed by atoms with Crippen LogP contribution in [0.4, 0.5) is 11.6 Å². The van der Waals surface area contributed by atoms with Gasteiger partial charge in [-0.2, -0.15) is 5.26 Å². The molecule has 0 unspecified atom stereocenters. The van der Waals surface area contributed by atoms with Gasteiger partial charge in [-0.1, -0.05) is 0 Å². The molecule has 1 rings (SSSR count). The molecule has 0 radical (unpaired) electrons. The standard InChI is InChI=1S/C12H20N6/c1-17(2)7-4-6-14-11-9-12(16-10-15-11)18(3)8-5-13/h9-10H,4,6-8H2,1-3H3,(H,14,15,16). The van der Waals surface area contributed by atoms with Gasteiger partial charge in [0, 0.05) is 19.7 Å². The van der Waals surface area contributed by atoms with Crippen molar-refractivity contribution < 1.29 is 0 Å². The SMILES string of the molecule is CN(C)CCCNc1cc(N(C)CC#N)ncn1. The second kappa shape index (κ2) is 7.45. The van der Waals surface area contributed by atoms with E-state index in [9.17, 15) is 0 Å². The molecule has 0 atom stereocenters. The van der Waals surface area contributed by atoms with E-state index in [1.165, 1.54) is 6.33 Å². The molecule has 0 spiro atoms. The molecule has 0 saturated carbocycles. The Morgan fingerprint density at radius 2 is 2.11 bits per heavy atom. The molecule has 98 valence electrons. The summed E-state index contributed by atoms with van der Waals surface area (Å²) in [5.74, 6) is 1.55. The van der Waals surface area contributed by atoms with Crippen LogP contribution in [-0.2, 0) is 0 Å². The third kappa shape index (κ3) is 4.97. The minimum Gasteiger partial charge on any atom is -0.370 e. The largest absolute Gasteiger partial charge is 0.370 e. The number of nitrogens with zero attached hydrogens (tertiary/aromatic N) is 5. The highest BCUT2D eigenvalue weighted by atomic mass is 15.2. The van der Waals surface area contributed by atoms with Gasteiger partial charge in [0.1, 0.15) is 24.5 Å². The van der Waals surface area contributed by atoms with Crippen LogP contribution in [0.5, 0.6) is 0 Å². The first-order valence-corrected chi connectivity index (χ1v) is 5.92. The number of hydrogen-bond acceptors (Lipinski definition) is 6. The number of nitrogens with one attached hydrogen (secondary N) is 1. The van der Waals surface area contributed by atoms with Crippen LogP contribution in [0.3, 0.4) is 0 Å². The van der Waals surface area contributed by atoms with Crippen LogP contribution in [0.2, 0.25) is 0 Å². The number of anilines is 2. The second-order valence-corrected chi connectivity index (χ2v) is 4.36. The topological polar surface area (TPSA) is 68.1 Å². The van der Waals surface area contributed by atoms with Crippen LogP contribution in [0, 0.1) is 11.3 Å². The minimum atomic E-state index is 0.317. The number of nitriles is 1. The molecular weight excluding hydrogens is 228 g/mol. The lowest BCUT2D eigenvalue weighted by Gasteiger charge is -2.15. The zero-order valence-corrected chi connectivity index (χ0v) is 11.2. The Morgan fingerprint density at radius 3 is 2.78 bits per heavy atom. The van der Waals surface area contributed by atoms with Gasteiger partial charge in [0.25, 0.3) is 0 Å². The quantitative estimate of drug-likeness (QED) is 0.568. The van der Waals surface area contributed by atoms with Crippen molar-refractivity contribution in [1.82, 2.24) is 14.9 Å². The Kier molecular flexibility index (Phi) is 5.88. The molecule has 0 aromatic carbocycles. The molecule has 0 aliphatic rings. The van der Waals surface area contributed by atoms with Gasteiger partial charge >= 0.3 is 0 Å². The molecule has 0 aliphatic carbocycles. The third-order valence-corrected chi connectivity index (χ3v) is 2.44. The average Bonchev–Trinajstić information content (AvgIpc) is 2.35. The molecule has 1 heterocycles. The predicted octanol–water partition coefficient (Wildman–Crippen LogP) is 0.800. The molecule has 18 heavy (non-hydrogen) atoms. The van der Waals surface area contributed by atoms with Crippen LogP contribution >= 0.6 is 0 Å². The maximum Gasteiger partial charge on any atom is 0.134 e. The van der Waals surface area contributed by atoms with Gasteiger partial charge in [-0.15, -0.1) is 0 Å². The Morgan fingerprint density at radius 1 is 1.33 bits per heavy atom. The number of hydrogen-bond donors (Lipinski definition) is 1. The van der Waals surface area contributed by atoms with Crippen LogP contribution in [-0.4, -0.2) is 55.6 Å². The van der Waals surface area contributed by atoms with E-state index in [1.807, 2.05) is 13.1 Å². The summed E-state index contributed by atoms with van der Waals surface area (Å²) in [5.41, 5.74) is 0. The lowest BCUT2D eigenvalue weighted by atomic mass is 10.4. The fraction of sp³-hybridized carbons (Fsp3) is 0.583. The van der Waals surface area contributed by atoms with Crippen molar-refractivity contribution in [2.45, 2.75) is 6.42 Å². The van der Waals surface area contributed by atoms with Gasteiger partial charge in [-0.3, -0.25) is 0 Å². The Labute approximate surface area is 108 Å². The van der Waals surface area contributed by atoms with Crippen molar-refractivity contribution >= 4 is 11.6 Å². The van der Waals surface area contributed by atoms with Crippen LogP contribution in [0.25, 0.3) is 0 Å². The first-order valence-electron chi connectivity index (χ1n) is 5.92. The summed E-state index contributed by atoms with van der Waals surface area (Å²) >= 11 is 0. The lowest BCUT2D eigenvalue weighted by Crippen LogP contribution is -2.19. The molecule has 0 aliphatic heterocycles. The minimum absolute atomic E-state index is 0.317. The van der Waals surface area contributed by atoms with E-state index in [2.05, 4.69) is 40.3 Å². The molecule has 6 heteroatoms. The van der Waals surface area contributed by atoms with Crippen molar-refractivity contribution in [1.29, 1.82) is 5.26 Å². The van der Waals surface area contributed by atoms with E-state index in [0.29, 0.717) is 6.54 Å². The Hall–Kier alpha value is -1.87. The molecule has 1 aromatic heterocycles. The first-order chi connectivity index (χ1) is 8.63. The maximum absolute atomic E-state index is 8.64. The summed E-state index contributed by atoms with van der Waals surface area (Å²) in [5, 5.41) is 11.9. The fourth-order valence-electron chi connectivity index (χ4n) is 1.45. The summed E-state index contributed by atoms with van der Waals surface area (Å²) in [7, 11) is 5.95. The van der Waals surface area contributed by atoms with Gasteiger partial charge in [0.05, 0.1) is 6.07 Å². The van der Waals surface area contributed by atoms with Gasteiger partial charge in [0.15, 0.2) is 0 Å². The van der Waals surface area contributed by atoms with E-state index >= 15 is 0 Å². The molecule has 0 saturated heterocycles. The van der Waals surface area contributed by atoms with E-state index < -0.39 is 0 Å². The average molecular weight is 248 g/mol. The van der Waals surface area contributed by atoms with Gasteiger partial charge < -0.3 is 15.1 Å². The van der Waals surface area contributed by atoms with E-state index in [4.69, 9.17) is 5.26 Å². The zero-order valence-electron chi connectivity index (χ0n) is 11.2. The first kappa shape index (κ1) is 14.2. The predicted molar refractivity (Wildman–Crippen MR) is 72.6 cm³/mol. The highest BCUT2D eigenvalue weighted by Crippen LogP contribution is 2.11. The number of aromatic nitrogens is 2. The maximum atomic E-state index is 8.64. The highest BCUT2D eigenvalue weighted by molar-refractivity contribution is 5.48. The van der Waals surface area contributed by atoms with Crippen molar-refractivity contribution in [3.8, 4) is 6.07 Å². The summed E-state index contributed by atoms with van der Waals surface area (Å²) in [4.78, 5) is 12.2. The summed E-state index contributed by atoms with van der Waals surface area (Å²) in [6.07, 6.45) is 2.57. The highest BCUT2D eigenvalue weighted by Gasteiger charge is 2.03. The second-order valence-electron chi connectivity index (χ2n) is 4.36. The Bertz CT molecular complexity index is 398. The molecule has 6 nitrogen and oxygen atoms in total. The van der Waals surface area contributed by atoms with Gasteiger partial charge in [-0.25, -0.2) is 9.97 Å². The summed E-state index contributed by atoms with van der Waals surface area (Å²) < 4.78 is 0. The molecule has 0 bridgehead atoms. The smallest absolute Gasteiger partial charge is 0.134 e. The van der Waals surface area contributed by atoms with Crippen molar-refractivity contribution in [3.05, 3.63) is 12.4 Å². The van der Waals surface area contributed by atoms with Crippen molar-refractivity contribution in [2.75, 3.05) is 51.0 Å².